The van der Waals surface area contributed by atoms with Crippen molar-refractivity contribution in [3.8, 4) is 11.8 Å². The van der Waals surface area contributed by atoms with Gasteiger partial charge in [-0.3, -0.25) is 9.59 Å². The molecule has 0 aromatic heterocycles. The zero-order valence-corrected chi connectivity index (χ0v) is 14.1. The first-order chi connectivity index (χ1) is 11.0. The van der Waals surface area contributed by atoms with E-state index in [4.69, 9.17) is 5.11 Å². The van der Waals surface area contributed by atoms with E-state index in [2.05, 4.69) is 18.8 Å². The number of aliphatic hydroxyl groups is 1. The number of carboxylic acid groups (broad SMARTS) is 1. The van der Waals surface area contributed by atoms with E-state index in [9.17, 15) is 14.7 Å². The third-order valence-corrected chi connectivity index (χ3v) is 4.34. The van der Waals surface area contributed by atoms with Crippen molar-refractivity contribution >= 4 is 11.8 Å². The lowest BCUT2D eigenvalue weighted by Crippen LogP contribution is -2.15. The van der Waals surface area contributed by atoms with Gasteiger partial charge in [0, 0.05) is 31.6 Å². The maximum absolute atomic E-state index is 12.1. The summed E-state index contributed by atoms with van der Waals surface area (Å²) in [7, 11) is 0. The zero-order chi connectivity index (χ0) is 17.2. The third-order valence-electron chi connectivity index (χ3n) is 4.34. The maximum Gasteiger partial charge on any atom is 0.303 e. The van der Waals surface area contributed by atoms with Crippen molar-refractivity contribution in [2.75, 3.05) is 0 Å². The van der Waals surface area contributed by atoms with Gasteiger partial charge in [0.1, 0.15) is 5.78 Å². The van der Waals surface area contributed by atoms with E-state index < -0.39 is 12.1 Å². The van der Waals surface area contributed by atoms with Gasteiger partial charge in [0.25, 0.3) is 0 Å². The lowest BCUT2D eigenvalue weighted by atomic mass is 9.87. The molecule has 4 atom stereocenters. The molecule has 0 radical (unpaired) electrons. The minimum atomic E-state index is -0.803. The molecule has 1 fully saturated rings. The predicted molar refractivity (Wildman–Crippen MR) is 89.7 cm³/mol. The van der Waals surface area contributed by atoms with E-state index in [1.165, 1.54) is 0 Å². The van der Waals surface area contributed by atoms with Crippen LogP contribution in [-0.4, -0.2) is 28.1 Å². The molecule has 1 aliphatic rings. The molecule has 0 aromatic rings. The molecule has 0 bridgehead atoms. The molecular formula is C19H28O4. The monoisotopic (exact) mass is 320 g/mol. The van der Waals surface area contributed by atoms with Crippen LogP contribution in [-0.2, 0) is 9.59 Å². The summed E-state index contributed by atoms with van der Waals surface area (Å²) in [6.45, 7) is 4.10. The van der Waals surface area contributed by atoms with Crippen LogP contribution in [0, 0.1) is 29.6 Å². The average molecular weight is 320 g/mol. The number of aliphatic hydroxyl groups excluding tert-OH is 1. The van der Waals surface area contributed by atoms with Gasteiger partial charge >= 0.3 is 5.97 Å². The van der Waals surface area contributed by atoms with Crippen LogP contribution in [0.5, 0.6) is 0 Å². The highest BCUT2D eigenvalue weighted by molar-refractivity contribution is 5.84. The van der Waals surface area contributed by atoms with Crippen LogP contribution in [0.4, 0.5) is 0 Å². The Hall–Kier alpha value is -1.60. The molecule has 0 saturated heterocycles. The number of unbranched alkanes of at least 4 members (excludes halogenated alkanes) is 1. The molecule has 0 aromatic carbocycles. The van der Waals surface area contributed by atoms with Crippen LogP contribution in [0.15, 0.2) is 12.2 Å². The van der Waals surface area contributed by atoms with E-state index in [1.54, 1.807) is 0 Å². The summed E-state index contributed by atoms with van der Waals surface area (Å²) in [5.41, 5.74) is 0. The highest BCUT2D eigenvalue weighted by Gasteiger charge is 2.37. The van der Waals surface area contributed by atoms with Crippen LogP contribution >= 0.6 is 0 Å². The van der Waals surface area contributed by atoms with Crippen LogP contribution < -0.4 is 0 Å². The van der Waals surface area contributed by atoms with E-state index in [0.29, 0.717) is 25.7 Å². The van der Waals surface area contributed by atoms with Gasteiger partial charge in [0.15, 0.2) is 0 Å². The molecule has 4 nitrogen and oxygen atoms in total. The van der Waals surface area contributed by atoms with Crippen LogP contribution in [0.1, 0.15) is 58.8 Å². The lowest BCUT2D eigenvalue weighted by Gasteiger charge is -2.16. The Kier molecular flexibility index (Phi) is 8.65. The Morgan fingerprint density at radius 1 is 1.43 bits per heavy atom. The van der Waals surface area contributed by atoms with Crippen LogP contribution in [0.2, 0.25) is 0 Å². The summed E-state index contributed by atoms with van der Waals surface area (Å²) in [5, 5.41) is 18.4. The fraction of sp³-hybridized carbons (Fsp3) is 0.684. The zero-order valence-electron chi connectivity index (χ0n) is 14.1. The predicted octanol–water partition coefficient (Wildman–Crippen LogP) is 3.19. The molecule has 2 N–H and O–H groups in total. The van der Waals surface area contributed by atoms with Crippen molar-refractivity contribution < 1.29 is 19.8 Å². The van der Waals surface area contributed by atoms with Crippen molar-refractivity contribution in [3.05, 3.63) is 12.2 Å². The molecule has 23 heavy (non-hydrogen) atoms. The highest BCUT2D eigenvalue weighted by atomic mass is 16.4. The second kappa shape index (κ2) is 10.2. The van der Waals surface area contributed by atoms with Gasteiger partial charge in [-0.2, -0.15) is 0 Å². The molecule has 4 unspecified atom stereocenters. The molecule has 0 heterocycles. The number of carbonyl (C=O) groups excluding carboxylic acids is 1. The number of carbonyl (C=O) groups is 2. The second-order valence-corrected chi connectivity index (χ2v) is 6.38. The van der Waals surface area contributed by atoms with Crippen molar-refractivity contribution in [2.45, 2.75) is 64.9 Å². The summed E-state index contributed by atoms with van der Waals surface area (Å²) in [6, 6.07) is 0. The van der Waals surface area contributed by atoms with Crippen LogP contribution in [0.25, 0.3) is 0 Å². The van der Waals surface area contributed by atoms with Crippen molar-refractivity contribution in [1.82, 2.24) is 0 Å². The van der Waals surface area contributed by atoms with E-state index in [1.807, 2.05) is 19.1 Å². The van der Waals surface area contributed by atoms with E-state index in [-0.39, 0.29) is 30.0 Å². The van der Waals surface area contributed by atoms with Gasteiger partial charge in [-0.15, -0.1) is 11.8 Å². The highest BCUT2D eigenvalue weighted by Crippen LogP contribution is 2.37. The average Bonchev–Trinajstić information content (AvgIpc) is 2.74. The summed E-state index contributed by atoms with van der Waals surface area (Å²) in [6.07, 6.45) is 7.36. The molecule has 128 valence electrons. The van der Waals surface area contributed by atoms with Crippen LogP contribution in [0.3, 0.4) is 0 Å². The number of aliphatic carboxylic acids is 1. The molecule has 4 heteroatoms. The Bertz CT molecular complexity index is 483. The lowest BCUT2D eigenvalue weighted by molar-refractivity contribution is -0.137. The van der Waals surface area contributed by atoms with Crippen molar-refractivity contribution in [3.63, 3.8) is 0 Å². The SMILES string of the molecule is CCCC(O)/C=C/C1C(C)CC(=O)C1CC#CCCCC(=O)O. The van der Waals surface area contributed by atoms with Gasteiger partial charge in [-0.05, 0) is 24.7 Å². The van der Waals surface area contributed by atoms with Gasteiger partial charge in [0.05, 0.1) is 6.10 Å². The number of rotatable bonds is 8. The van der Waals surface area contributed by atoms with Gasteiger partial charge in [0.2, 0.25) is 0 Å². The first-order valence-corrected chi connectivity index (χ1v) is 8.52. The quantitative estimate of drug-likeness (QED) is 0.409. The standard InChI is InChI=1S/C19H28O4/c1-3-8-15(20)11-12-16-14(2)13-18(21)17(16)9-6-4-5-7-10-19(22)23/h11-12,14-17,20H,3,5,7-10,13H2,1-2H3,(H,22,23)/b12-11+. The van der Waals surface area contributed by atoms with E-state index >= 15 is 0 Å². The molecule has 1 aliphatic carbocycles. The molecule has 0 spiro atoms. The number of hydrogen-bond acceptors (Lipinski definition) is 3. The third kappa shape index (κ3) is 7.00. The molecule has 1 saturated carbocycles. The maximum atomic E-state index is 12.1. The van der Waals surface area contributed by atoms with Gasteiger partial charge in [-0.1, -0.05) is 32.4 Å². The summed E-state index contributed by atoms with van der Waals surface area (Å²) < 4.78 is 0. The molecule has 0 aliphatic heterocycles. The first kappa shape index (κ1) is 19.4. The number of allylic oxidation sites excluding steroid dienone is 1. The van der Waals surface area contributed by atoms with Gasteiger partial charge in [-0.25, -0.2) is 0 Å². The van der Waals surface area contributed by atoms with Crippen molar-refractivity contribution in [1.29, 1.82) is 0 Å². The number of ketones is 1. The second-order valence-electron chi connectivity index (χ2n) is 6.38. The Morgan fingerprint density at radius 2 is 2.17 bits per heavy atom. The Balaban J connectivity index is 2.54. The van der Waals surface area contributed by atoms with E-state index in [0.717, 1.165) is 12.8 Å². The normalized spacial score (nSPS) is 25.3. The first-order valence-electron chi connectivity index (χ1n) is 8.52. The number of Topliss-reactive ketones (excluding diaryl/α,β-unsaturated/α-hetero) is 1. The minimum Gasteiger partial charge on any atom is -0.481 e. The molecule has 1 rings (SSSR count). The molecule has 0 amide bonds. The number of hydrogen-bond donors (Lipinski definition) is 2. The fourth-order valence-corrected chi connectivity index (χ4v) is 3.04. The Labute approximate surface area is 139 Å². The summed E-state index contributed by atoms with van der Waals surface area (Å²) in [4.78, 5) is 22.5. The minimum absolute atomic E-state index is 0.0953. The largest absolute Gasteiger partial charge is 0.481 e. The Morgan fingerprint density at radius 3 is 2.83 bits per heavy atom. The number of carboxylic acids is 1. The summed E-state index contributed by atoms with van der Waals surface area (Å²) in [5.74, 6) is 5.78. The molecular weight excluding hydrogens is 292 g/mol. The fourth-order valence-electron chi connectivity index (χ4n) is 3.04. The van der Waals surface area contributed by atoms with Crippen molar-refractivity contribution in [2.24, 2.45) is 17.8 Å². The smallest absolute Gasteiger partial charge is 0.303 e. The topological polar surface area (TPSA) is 74.6 Å². The summed E-state index contributed by atoms with van der Waals surface area (Å²) >= 11 is 0. The van der Waals surface area contributed by atoms with Gasteiger partial charge < -0.3 is 10.2 Å².